The van der Waals surface area contributed by atoms with E-state index in [1.807, 2.05) is 0 Å². The van der Waals surface area contributed by atoms with Gasteiger partial charge in [-0.05, 0) is 42.5 Å². The Bertz CT molecular complexity index is 946. The van der Waals surface area contributed by atoms with Crippen molar-refractivity contribution in [1.82, 2.24) is 9.97 Å². The second-order valence-electron chi connectivity index (χ2n) is 7.09. The van der Waals surface area contributed by atoms with Crippen molar-refractivity contribution in [1.29, 1.82) is 0 Å². The van der Waals surface area contributed by atoms with E-state index in [0.29, 0.717) is 0 Å². The van der Waals surface area contributed by atoms with Crippen LogP contribution >= 0.6 is 0 Å². The monoisotopic (exact) mass is 331 g/mol. The van der Waals surface area contributed by atoms with Gasteiger partial charge in [-0.1, -0.05) is 36.4 Å². The second kappa shape index (κ2) is 5.53. The lowest BCUT2D eigenvalue weighted by molar-refractivity contribution is -0.0593. The summed E-state index contributed by atoms with van der Waals surface area (Å²) in [6.45, 7) is 4.58. The summed E-state index contributed by atoms with van der Waals surface area (Å²) in [4.78, 5) is 11.5. The van der Waals surface area contributed by atoms with E-state index >= 15 is 0 Å². The highest BCUT2D eigenvalue weighted by Gasteiger charge is 2.43. The van der Waals surface area contributed by atoms with Gasteiger partial charge in [-0.2, -0.15) is 0 Å². The first kappa shape index (κ1) is 14.8. The minimum atomic E-state index is -0.200. The molecule has 0 radical (unpaired) electrons. The molecule has 0 bridgehead atoms. The second-order valence-corrected chi connectivity index (χ2v) is 7.09. The molecular weight excluding hydrogens is 310 g/mol. The van der Waals surface area contributed by atoms with E-state index < -0.39 is 0 Å². The smallest absolute Gasteiger partial charge is 0.140 e. The van der Waals surface area contributed by atoms with Gasteiger partial charge in [0.05, 0.1) is 18.7 Å². The number of aromatic nitrogens is 2. The molecule has 1 fully saturated rings. The Morgan fingerprint density at radius 1 is 1.08 bits per heavy atom. The first-order valence-corrected chi connectivity index (χ1v) is 8.94. The van der Waals surface area contributed by atoms with Crippen LogP contribution < -0.4 is 4.90 Å². The molecule has 5 rings (SSSR count). The predicted molar refractivity (Wildman–Crippen MR) is 98.9 cm³/mol. The molecule has 126 valence electrons. The summed E-state index contributed by atoms with van der Waals surface area (Å²) in [7, 11) is 0. The van der Waals surface area contributed by atoms with Gasteiger partial charge in [-0.3, -0.25) is 0 Å². The van der Waals surface area contributed by atoms with Crippen molar-refractivity contribution in [3.63, 3.8) is 0 Å². The van der Waals surface area contributed by atoms with Gasteiger partial charge in [0.1, 0.15) is 17.7 Å². The number of anilines is 1. The average molecular weight is 331 g/mol. The van der Waals surface area contributed by atoms with Crippen LogP contribution in [0.1, 0.15) is 23.1 Å². The van der Waals surface area contributed by atoms with Gasteiger partial charge in [0.15, 0.2) is 0 Å². The van der Waals surface area contributed by atoms with Crippen molar-refractivity contribution in [2.45, 2.75) is 25.4 Å². The first-order valence-electron chi connectivity index (χ1n) is 8.94. The summed E-state index contributed by atoms with van der Waals surface area (Å²) in [5.74, 6) is 1.04. The van der Waals surface area contributed by atoms with Crippen LogP contribution in [0.15, 0.2) is 48.8 Å². The molecule has 2 aromatic carbocycles. The lowest BCUT2D eigenvalue weighted by Crippen LogP contribution is -2.49. The van der Waals surface area contributed by atoms with Crippen LogP contribution in [0.2, 0.25) is 0 Å². The minimum Gasteiger partial charge on any atom is -0.367 e. The molecule has 4 heteroatoms. The topological polar surface area (TPSA) is 38.2 Å². The highest BCUT2D eigenvalue weighted by Crippen LogP contribution is 2.43. The Hall–Kier alpha value is -2.46. The Morgan fingerprint density at radius 2 is 2.00 bits per heavy atom. The zero-order valence-corrected chi connectivity index (χ0v) is 14.4. The average Bonchev–Trinajstić information content (AvgIpc) is 3.00. The summed E-state index contributed by atoms with van der Waals surface area (Å²) in [5, 5.41) is 1.16. The van der Waals surface area contributed by atoms with Gasteiger partial charge in [0.25, 0.3) is 0 Å². The third-order valence-corrected chi connectivity index (χ3v) is 5.64. The fourth-order valence-corrected chi connectivity index (χ4v) is 4.43. The number of ether oxygens (including phenoxy) is 1. The number of morpholine rings is 1. The largest absolute Gasteiger partial charge is 0.367 e. The minimum absolute atomic E-state index is 0.200. The molecule has 4 nitrogen and oxygen atoms in total. The van der Waals surface area contributed by atoms with E-state index in [1.165, 1.54) is 16.7 Å². The van der Waals surface area contributed by atoms with E-state index in [-0.39, 0.29) is 5.60 Å². The van der Waals surface area contributed by atoms with E-state index in [0.717, 1.165) is 49.3 Å². The van der Waals surface area contributed by atoms with Gasteiger partial charge in [0, 0.05) is 11.9 Å². The number of fused-ring (bicyclic) bond motifs is 3. The van der Waals surface area contributed by atoms with Gasteiger partial charge < -0.3 is 9.64 Å². The Labute approximate surface area is 147 Å². The maximum absolute atomic E-state index is 6.36. The van der Waals surface area contributed by atoms with Crippen molar-refractivity contribution in [3.05, 3.63) is 65.5 Å². The van der Waals surface area contributed by atoms with Gasteiger partial charge >= 0.3 is 0 Å². The standard InChI is InChI=1S/C21H21N3O/c1-15-5-4-8-18-19(15)20(23-14-22-18)24-11-12-25-21(13-24)10-9-16-6-2-3-7-17(16)21/h2-8,14H,9-13H2,1H3. The molecule has 1 aliphatic heterocycles. The lowest BCUT2D eigenvalue weighted by Gasteiger charge is -2.42. The molecular formula is C21H21N3O. The quantitative estimate of drug-likeness (QED) is 0.683. The lowest BCUT2D eigenvalue weighted by atomic mass is 9.93. The highest BCUT2D eigenvalue weighted by molar-refractivity contribution is 5.92. The van der Waals surface area contributed by atoms with Gasteiger partial charge in [-0.15, -0.1) is 0 Å². The number of nitrogens with zero attached hydrogens (tertiary/aromatic N) is 3. The number of aryl methyl sites for hydroxylation is 2. The summed E-state index contributed by atoms with van der Waals surface area (Å²) >= 11 is 0. The first-order chi connectivity index (χ1) is 12.3. The normalized spacial score (nSPS) is 22.5. The zero-order valence-electron chi connectivity index (χ0n) is 14.4. The molecule has 1 atom stereocenters. The third-order valence-electron chi connectivity index (χ3n) is 5.64. The van der Waals surface area contributed by atoms with Crippen LogP contribution in [0, 0.1) is 6.92 Å². The highest BCUT2D eigenvalue weighted by atomic mass is 16.5. The summed E-state index contributed by atoms with van der Waals surface area (Å²) in [6, 6.07) is 15.0. The summed E-state index contributed by atoms with van der Waals surface area (Å²) < 4.78 is 6.36. The number of benzene rings is 2. The van der Waals surface area contributed by atoms with Crippen LogP contribution in [0.5, 0.6) is 0 Å². The fraction of sp³-hybridized carbons (Fsp3) is 0.333. The Morgan fingerprint density at radius 3 is 2.96 bits per heavy atom. The van der Waals surface area contributed by atoms with Crippen LogP contribution in [0.3, 0.4) is 0 Å². The van der Waals surface area contributed by atoms with Crippen LogP contribution in [0.4, 0.5) is 5.82 Å². The SMILES string of the molecule is Cc1cccc2ncnc(N3CCOC4(CCc5ccccc54)C3)c12. The molecule has 1 aromatic heterocycles. The maximum Gasteiger partial charge on any atom is 0.140 e. The number of rotatable bonds is 1. The Balaban J connectivity index is 1.59. The van der Waals surface area contributed by atoms with E-state index in [2.05, 4.69) is 64.3 Å². The molecule has 0 saturated carbocycles. The number of hydrogen-bond donors (Lipinski definition) is 0. The van der Waals surface area contributed by atoms with Crippen LogP contribution in [-0.4, -0.2) is 29.7 Å². The van der Waals surface area contributed by atoms with Crippen molar-refractivity contribution in [3.8, 4) is 0 Å². The molecule has 1 saturated heterocycles. The molecule has 1 unspecified atom stereocenters. The van der Waals surface area contributed by atoms with E-state index in [9.17, 15) is 0 Å². The molecule has 1 aliphatic carbocycles. The van der Waals surface area contributed by atoms with E-state index in [4.69, 9.17) is 4.74 Å². The van der Waals surface area contributed by atoms with Crippen LogP contribution in [0.25, 0.3) is 10.9 Å². The molecule has 0 N–H and O–H groups in total. The fourth-order valence-electron chi connectivity index (χ4n) is 4.43. The van der Waals surface area contributed by atoms with Crippen molar-refractivity contribution < 1.29 is 4.74 Å². The maximum atomic E-state index is 6.36. The van der Waals surface area contributed by atoms with Gasteiger partial charge in [0.2, 0.25) is 0 Å². The van der Waals surface area contributed by atoms with E-state index in [1.54, 1.807) is 6.33 Å². The molecule has 3 aromatic rings. The third kappa shape index (κ3) is 2.24. The molecule has 2 aliphatic rings. The molecule has 25 heavy (non-hydrogen) atoms. The summed E-state index contributed by atoms with van der Waals surface area (Å²) in [5.41, 5.74) is 4.81. The molecule has 2 heterocycles. The zero-order chi connectivity index (χ0) is 16.9. The predicted octanol–water partition coefficient (Wildman–Crippen LogP) is 3.62. The summed E-state index contributed by atoms with van der Waals surface area (Å²) in [6.07, 6.45) is 3.82. The van der Waals surface area contributed by atoms with Gasteiger partial charge in [-0.25, -0.2) is 9.97 Å². The molecule has 1 spiro atoms. The number of hydrogen-bond acceptors (Lipinski definition) is 4. The molecule has 0 amide bonds. The van der Waals surface area contributed by atoms with Crippen LogP contribution in [-0.2, 0) is 16.8 Å². The van der Waals surface area contributed by atoms with Crippen molar-refractivity contribution >= 4 is 16.7 Å². The van der Waals surface area contributed by atoms with Crippen molar-refractivity contribution in [2.24, 2.45) is 0 Å². The van der Waals surface area contributed by atoms with Crippen molar-refractivity contribution in [2.75, 3.05) is 24.6 Å². The Kier molecular flexibility index (Phi) is 3.28.